The summed E-state index contributed by atoms with van der Waals surface area (Å²) < 4.78 is 0. The zero-order chi connectivity index (χ0) is 13.9. The Morgan fingerprint density at radius 1 is 1.35 bits per heavy atom. The Labute approximate surface area is 122 Å². The lowest BCUT2D eigenvalue weighted by atomic mass is 10.3. The Morgan fingerprint density at radius 2 is 2.15 bits per heavy atom. The van der Waals surface area contributed by atoms with Gasteiger partial charge in [-0.1, -0.05) is 0 Å². The lowest BCUT2D eigenvalue weighted by molar-refractivity contribution is 0.940. The van der Waals surface area contributed by atoms with Crippen LogP contribution in [-0.4, -0.2) is 28.0 Å². The Balaban J connectivity index is 1.64. The first-order valence-corrected chi connectivity index (χ1v) is 7.62. The third-order valence-electron chi connectivity index (χ3n) is 3.34. The molecule has 0 radical (unpaired) electrons. The van der Waals surface area contributed by atoms with E-state index in [4.69, 9.17) is 5.73 Å². The van der Waals surface area contributed by atoms with Crippen molar-refractivity contribution >= 4 is 28.2 Å². The molecule has 1 aliphatic rings. The molecule has 1 aliphatic heterocycles. The smallest absolute Gasteiger partial charge is 0.221 e. The fourth-order valence-corrected chi connectivity index (χ4v) is 3.12. The summed E-state index contributed by atoms with van der Waals surface area (Å²) in [6.45, 7) is 4.87. The van der Waals surface area contributed by atoms with E-state index in [1.165, 1.54) is 12.8 Å². The molecule has 7 heteroatoms. The summed E-state index contributed by atoms with van der Waals surface area (Å²) in [4.78, 5) is 15.2. The molecule has 0 amide bonds. The van der Waals surface area contributed by atoms with Crippen molar-refractivity contribution in [3.05, 3.63) is 22.8 Å². The monoisotopic (exact) mass is 290 g/mol. The highest BCUT2D eigenvalue weighted by molar-refractivity contribution is 7.13. The van der Waals surface area contributed by atoms with E-state index in [1.807, 2.05) is 6.92 Å². The SMILES string of the molecule is Cc1cnc(N)nc1NCc1csc(N2CCCC2)n1. The first kappa shape index (κ1) is 13.1. The van der Waals surface area contributed by atoms with Crippen molar-refractivity contribution < 1.29 is 0 Å². The van der Waals surface area contributed by atoms with Crippen molar-refractivity contribution in [3.8, 4) is 0 Å². The quantitative estimate of drug-likeness (QED) is 0.897. The molecule has 0 aromatic carbocycles. The third-order valence-corrected chi connectivity index (χ3v) is 4.29. The van der Waals surface area contributed by atoms with Crippen LogP contribution < -0.4 is 16.0 Å². The summed E-state index contributed by atoms with van der Waals surface area (Å²) in [7, 11) is 0. The van der Waals surface area contributed by atoms with E-state index >= 15 is 0 Å². The van der Waals surface area contributed by atoms with Gasteiger partial charge in [0.1, 0.15) is 5.82 Å². The fourth-order valence-electron chi connectivity index (χ4n) is 2.24. The van der Waals surface area contributed by atoms with Crippen molar-refractivity contribution in [2.75, 3.05) is 29.0 Å². The van der Waals surface area contributed by atoms with Crippen LogP contribution in [0.1, 0.15) is 24.1 Å². The molecule has 3 rings (SSSR count). The summed E-state index contributed by atoms with van der Waals surface area (Å²) >= 11 is 1.71. The Hall–Kier alpha value is -1.89. The van der Waals surface area contributed by atoms with Crippen LogP contribution in [0.5, 0.6) is 0 Å². The molecule has 1 fully saturated rings. The van der Waals surface area contributed by atoms with Gasteiger partial charge in [-0.05, 0) is 19.8 Å². The molecule has 0 aliphatic carbocycles. The maximum atomic E-state index is 5.60. The van der Waals surface area contributed by atoms with Crippen molar-refractivity contribution in [2.45, 2.75) is 26.3 Å². The van der Waals surface area contributed by atoms with Gasteiger partial charge in [0.15, 0.2) is 5.13 Å². The standard InChI is InChI=1S/C13H18N6S/c1-9-6-16-12(14)18-11(9)15-7-10-8-20-13(17-10)19-4-2-3-5-19/h6,8H,2-5,7H2,1H3,(H3,14,15,16,18). The molecule has 0 saturated carbocycles. The number of hydrogen-bond donors (Lipinski definition) is 2. The number of nitrogen functional groups attached to an aromatic ring is 1. The molecule has 6 nitrogen and oxygen atoms in total. The van der Waals surface area contributed by atoms with E-state index in [2.05, 4.69) is 30.5 Å². The highest BCUT2D eigenvalue weighted by Gasteiger charge is 2.15. The molecule has 3 heterocycles. The van der Waals surface area contributed by atoms with Gasteiger partial charge in [0, 0.05) is 30.2 Å². The van der Waals surface area contributed by atoms with E-state index in [9.17, 15) is 0 Å². The van der Waals surface area contributed by atoms with Crippen molar-refractivity contribution in [2.24, 2.45) is 0 Å². The maximum Gasteiger partial charge on any atom is 0.221 e. The zero-order valence-corrected chi connectivity index (χ0v) is 12.3. The molecule has 3 N–H and O–H groups in total. The molecule has 0 bridgehead atoms. The number of aryl methyl sites for hydroxylation is 1. The molecule has 1 saturated heterocycles. The summed E-state index contributed by atoms with van der Waals surface area (Å²) in [5.41, 5.74) is 7.62. The van der Waals surface area contributed by atoms with Gasteiger partial charge in [-0.15, -0.1) is 11.3 Å². The molecular weight excluding hydrogens is 272 g/mol. The summed E-state index contributed by atoms with van der Waals surface area (Å²) in [6.07, 6.45) is 4.26. The van der Waals surface area contributed by atoms with Gasteiger partial charge < -0.3 is 16.0 Å². The van der Waals surface area contributed by atoms with Crippen LogP contribution in [0.3, 0.4) is 0 Å². The molecule has 106 valence electrons. The highest BCUT2D eigenvalue weighted by Crippen LogP contribution is 2.24. The van der Waals surface area contributed by atoms with Gasteiger partial charge in [0.2, 0.25) is 5.95 Å². The van der Waals surface area contributed by atoms with E-state index in [1.54, 1.807) is 17.5 Å². The van der Waals surface area contributed by atoms with Gasteiger partial charge >= 0.3 is 0 Å². The minimum Gasteiger partial charge on any atom is -0.368 e. The number of nitrogens with two attached hydrogens (primary N) is 1. The Morgan fingerprint density at radius 3 is 2.95 bits per heavy atom. The van der Waals surface area contributed by atoms with Crippen molar-refractivity contribution in [1.82, 2.24) is 15.0 Å². The second-order valence-electron chi connectivity index (χ2n) is 4.93. The predicted molar refractivity (Wildman–Crippen MR) is 82.1 cm³/mol. The number of anilines is 3. The second-order valence-corrected chi connectivity index (χ2v) is 5.77. The molecular formula is C13H18N6S. The minimum atomic E-state index is 0.286. The number of rotatable bonds is 4. The Kier molecular flexibility index (Phi) is 3.68. The zero-order valence-electron chi connectivity index (χ0n) is 11.5. The lowest BCUT2D eigenvalue weighted by Gasteiger charge is -2.12. The molecule has 0 unspecified atom stereocenters. The number of nitrogens with one attached hydrogen (secondary N) is 1. The number of thiazole rings is 1. The van der Waals surface area contributed by atoms with Crippen LogP contribution in [0.25, 0.3) is 0 Å². The van der Waals surface area contributed by atoms with Crippen molar-refractivity contribution in [3.63, 3.8) is 0 Å². The number of hydrogen-bond acceptors (Lipinski definition) is 7. The number of nitrogens with zero attached hydrogens (tertiary/aromatic N) is 4. The van der Waals surface area contributed by atoms with E-state index in [-0.39, 0.29) is 5.95 Å². The molecule has 2 aromatic rings. The maximum absolute atomic E-state index is 5.60. The van der Waals surface area contributed by atoms with Gasteiger partial charge in [-0.3, -0.25) is 0 Å². The summed E-state index contributed by atoms with van der Waals surface area (Å²) in [5, 5.41) is 6.49. The van der Waals surface area contributed by atoms with Gasteiger partial charge in [-0.25, -0.2) is 9.97 Å². The van der Waals surface area contributed by atoms with Gasteiger partial charge in [0.05, 0.1) is 12.2 Å². The normalized spacial score (nSPS) is 14.8. The van der Waals surface area contributed by atoms with Crippen LogP contribution in [0.4, 0.5) is 16.9 Å². The highest BCUT2D eigenvalue weighted by atomic mass is 32.1. The fraction of sp³-hybridized carbons (Fsp3) is 0.462. The minimum absolute atomic E-state index is 0.286. The van der Waals surface area contributed by atoms with Crippen molar-refractivity contribution in [1.29, 1.82) is 0 Å². The van der Waals surface area contributed by atoms with Crippen LogP contribution in [-0.2, 0) is 6.54 Å². The molecule has 2 aromatic heterocycles. The second kappa shape index (κ2) is 5.62. The van der Waals surface area contributed by atoms with Crippen LogP contribution in [0.2, 0.25) is 0 Å². The first-order valence-electron chi connectivity index (χ1n) is 6.75. The predicted octanol–water partition coefficient (Wildman–Crippen LogP) is 2.04. The van der Waals surface area contributed by atoms with Crippen LogP contribution >= 0.6 is 11.3 Å². The largest absolute Gasteiger partial charge is 0.368 e. The third kappa shape index (κ3) is 2.82. The van der Waals surface area contributed by atoms with E-state index in [0.29, 0.717) is 6.54 Å². The molecule has 0 spiro atoms. The topological polar surface area (TPSA) is 80.0 Å². The van der Waals surface area contributed by atoms with Gasteiger partial charge in [0.25, 0.3) is 0 Å². The first-order chi connectivity index (χ1) is 9.72. The lowest BCUT2D eigenvalue weighted by Crippen LogP contribution is -2.17. The van der Waals surface area contributed by atoms with E-state index in [0.717, 1.165) is 35.3 Å². The number of aromatic nitrogens is 3. The molecule has 0 atom stereocenters. The van der Waals surface area contributed by atoms with E-state index < -0.39 is 0 Å². The summed E-state index contributed by atoms with van der Waals surface area (Å²) in [6, 6.07) is 0. The van der Waals surface area contributed by atoms with Crippen LogP contribution in [0.15, 0.2) is 11.6 Å². The van der Waals surface area contributed by atoms with Gasteiger partial charge in [-0.2, -0.15) is 4.98 Å². The summed E-state index contributed by atoms with van der Waals surface area (Å²) in [5.74, 6) is 1.06. The Bertz CT molecular complexity index is 590. The average molecular weight is 290 g/mol. The molecule has 20 heavy (non-hydrogen) atoms. The van der Waals surface area contributed by atoms with Crippen LogP contribution in [0, 0.1) is 6.92 Å². The average Bonchev–Trinajstić information content (AvgIpc) is 3.09.